The van der Waals surface area contributed by atoms with Gasteiger partial charge in [-0.1, -0.05) is 90.8 Å². The van der Waals surface area contributed by atoms with E-state index in [0.29, 0.717) is 26.4 Å². The smallest absolute Gasteiger partial charge is 0.0603 e. The van der Waals surface area contributed by atoms with Crippen molar-refractivity contribution in [3.8, 4) is 0 Å². The van der Waals surface area contributed by atoms with Crippen molar-refractivity contribution < 1.29 is 0 Å². The molecule has 2 bridgehead atoms. The molecular formula is C26H25Cl2PS. The van der Waals surface area contributed by atoms with Gasteiger partial charge in [0, 0.05) is 15.3 Å². The first-order valence-electron chi connectivity index (χ1n) is 10.6. The minimum atomic E-state index is -0.386. The van der Waals surface area contributed by atoms with Crippen LogP contribution >= 0.6 is 42.9 Å². The molecule has 3 aliphatic carbocycles. The zero-order valence-electron chi connectivity index (χ0n) is 17.0. The molecule has 0 radical (unpaired) electrons. The van der Waals surface area contributed by atoms with Gasteiger partial charge in [-0.25, -0.2) is 0 Å². The lowest BCUT2D eigenvalue weighted by molar-refractivity contribution is 0.312. The number of hydrogen-bond acceptors (Lipinski definition) is 1. The van der Waals surface area contributed by atoms with E-state index in [4.69, 9.17) is 23.2 Å². The van der Waals surface area contributed by atoms with E-state index < -0.39 is 0 Å². The summed E-state index contributed by atoms with van der Waals surface area (Å²) < 4.78 is 0. The van der Waals surface area contributed by atoms with E-state index in [1.54, 1.807) is 0 Å². The first-order chi connectivity index (χ1) is 14.6. The minimum Gasteiger partial charge on any atom is -0.123 e. The zero-order chi connectivity index (χ0) is 20.7. The third-order valence-corrected chi connectivity index (χ3v) is 12.0. The van der Waals surface area contributed by atoms with Gasteiger partial charge in [0.2, 0.25) is 0 Å². The summed E-state index contributed by atoms with van der Waals surface area (Å²) in [5, 5.41) is 5.28. The summed E-state index contributed by atoms with van der Waals surface area (Å²) in [5.74, 6) is 1.61. The van der Waals surface area contributed by atoms with Crippen molar-refractivity contribution in [1.29, 1.82) is 0 Å². The number of rotatable bonds is 6. The van der Waals surface area contributed by atoms with Gasteiger partial charge >= 0.3 is 0 Å². The van der Waals surface area contributed by atoms with Crippen LogP contribution in [0.25, 0.3) is 0 Å². The highest BCUT2D eigenvalue weighted by molar-refractivity contribution is 8.00. The number of fused-ring (bicyclic) bond motifs is 1. The normalized spacial score (nSPS) is 25.9. The van der Waals surface area contributed by atoms with Crippen molar-refractivity contribution in [1.82, 2.24) is 0 Å². The molecule has 3 aromatic carbocycles. The second-order valence-electron chi connectivity index (χ2n) is 8.63. The SMILES string of the molecule is C[C@@H](Sc1ccc(Cl)c(Cl)c1)C1CC2CC1(P(c1ccccc1)c1ccccc1)C2. The van der Waals surface area contributed by atoms with Crippen molar-refractivity contribution >= 4 is 53.5 Å². The van der Waals surface area contributed by atoms with Crippen LogP contribution < -0.4 is 10.6 Å². The van der Waals surface area contributed by atoms with Crippen LogP contribution in [0.1, 0.15) is 26.2 Å². The quantitative estimate of drug-likeness (QED) is 0.261. The van der Waals surface area contributed by atoms with Crippen LogP contribution in [0.15, 0.2) is 83.8 Å². The Hall–Kier alpha value is -0.980. The number of hydrogen-bond donors (Lipinski definition) is 0. The highest BCUT2D eigenvalue weighted by Gasteiger charge is 2.62. The number of thioether (sulfide) groups is 1. The molecule has 1 unspecified atom stereocenters. The van der Waals surface area contributed by atoms with Crippen LogP contribution in [-0.2, 0) is 0 Å². The summed E-state index contributed by atoms with van der Waals surface area (Å²) in [4.78, 5) is 1.22. The standard InChI is InChI=1S/C26H25Cl2PS/c1-18(30-22-12-13-24(27)25(28)15-22)23-14-19-16-26(23,17-19)29(20-8-4-2-5-9-20)21-10-6-3-7-11-21/h2-13,15,18-19,23H,14,16-17H2,1H3/t18-,19?,23?,26?/m1/s1. The van der Waals surface area contributed by atoms with Crippen LogP contribution in [0.2, 0.25) is 10.0 Å². The van der Waals surface area contributed by atoms with Gasteiger partial charge in [-0.2, -0.15) is 0 Å². The van der Waals surface area contributed by atoms with Crippen molar-refractivity contribution in [2.75, 3.05) is 0 Å². The molecule has 0 nitrogen and oxygen atoms in total. The molecule has 0 amide bonds. The van der Waals surface area contributed by atoms with E-state index >= 15 is 0 Å². The van der Waals surface area contributed by atoms with E-state index in [1.165, 1.54) is 34.8 Å². The van der Waals surface area contributed by atoms with Crippen molar-refractivity contribution in [2.24, 2.45) is 11.8 Å². The van der Waals surface area contributed by atoms with Gasteiger partial charge in [0.25, 0.3) is 0 Å². The summed E-state index contributed by atoms with van der Waals surface area (Å²) in [6.45, 7) is 2.42. The second-order valence-corrected chi connectivity index (χ2v) is 13.5. The molecule has 3 aliphatic rings. The predicted octanol–water partition coefficient (Wildman–Crippen LogP) is 7.78. The van der Waals surface area contributed by atoms with Crippen LogP contribution in [-0.4, -0.2) is 10.4 Å². The third-order valence-electron chi connectivity index (χ3n) is 6.82. The second kappa shape index (κ2) is 8.51. The molecule has 6 rings (SSSR count). The molecule has 0 spiro atoms. The van der Waals surface area contributed by atoms with Crippen LogP contribution in [0.3, 0.4) is 0 Å². The minimum absolute atomic E-state index is 0.386. The molecule has 0 saturated heterocycles. The van der Waals surface area contributed by atoms with Crippen LogP contribution in [0, 0.1) is 11.8 Å². The molecule has 4 heteroatoms. The average molecular weight is 471 g/mol. The first-order valence-corrected chi connectivity index (χ1v) is 13.6. The molecule has 0 aliphatic heterocycles. The van der Waals surface area contributed by atoms with E-state index in [0.717, 1.165) is 5.92 Å². The molecule has 3 aromatic rings. The highest BCUT2D eigenvalue weighted by atomic mass is 35.5. The first kappa shape index (κ1) is 20.9. The van der Waals surface area contributed by atoms with E-state index in [-0.39, 0.29) is 7.92 Å². The molecule has 3 saturated carbocycles. The molecule has 154 valence electrons. The Kier molecular flexibility index (Phi) is 5.93. The highest BCUT2D eigenvalue weighted by Crippen LogP contribution is 2.72. The van der Waals surface area contributed by atoms with Gasteiger partial charge in [-0.05, 0) is 67.8 Å². The Labute approximate surface area is 195 Å². The van der Waals surface area contributed by atoms with Crippen molar-refractivity contribution in [2.45, 2.75) is 41.5 Å². The molecule has 0 N–H and O–H groups in total. The van der Waals surface area contributed by atoms with E-state index in [2.05, 4.69) is 73.7 Å². The molecule has 3 fully saturated rings. The molecule has 30 heavy (non-hydrogen) atoms. The Balaban J connectivity index is 1.49. The van der Waals surface area contributed by atoms with Crippen LogP contribution in [0.5, 0.6) is 0 Å². The molecule has 2 atom stereocenters. The van der Waals surface area contributed by atoms with Gasteiger partial charge in [0.05, 0.1) is 10.0 Å². The molecule has 0 heterocycles. The Morgan fingerprint density at radius 2 is 1.47 bits per heavy atom. The van der Waals surface area contributed by atoms with Gasteiger partial charge in [-0.15, -0.1) is 11.8 Å². The summed E-state index contributed by atoms with van der Waals surface area (Å²) in [7, 11) is -0.386. The Morgan fingerprint density at radius 3 is 2.03 bits per heavy atom. The van der Waals surface area contributed by atoms with E-state index in [9.17, 15) is 0 Å². The summed E-state index contributed by atoms with van der Waals surface area (Å²) in [6, 6.07) is 28.6. The fraction of sp³-hybridized carbons (Fsp3) is 0.308. The van der Waals surface area contributed by atoms with Gasteiger partial charge in [0.1, 0.15) is 0 Å². The topological polar surface area (TPSA) is 0 Å². The lowest BCUT2D eigenvalue weighted by Crippen LogP contribution is -2.45. The molecular weight excluding hydrogens is 446 g/mol. The maximum absolute atomic E-state index is 6.29. The summed E-state index contributed by atoms with van der Waals surface area (Å²) in [5.41, 5.74) is 0. The number of halogens is 2. The Bertz CT molecular complexity index is 978. The lowest BCUT2D eigenvalue weighted by atomic mass is 9.80. The monoisotopic (exact) mass is 470 g/mol. The fourth-order valence-corrected chi connectivity index (χ4v) is 11.2. The zero-order valence-corrected chi connectivity index (χ0v) is 20.2. The summed E-state index contributed by atoms with van der Waals surface area (Å²) >= 11 is 14.4. The van der Waals surface area contributed by atoms with Gasteiger partial charge in [0.15, 0.2) is 0 Å². The van der Waals surface area contributed by atoms with E-state index in [1.807, 2.05) is 23.9 Å². The third kappa shape index (κ3) is 3.73. The predicted molar refractivity (Wildman–Crippen MR) is 134 cm³/mol. The van der Waals surface area contributed by atoms with Crippen molar-refractivity contribution in [3.05, 3.63) is 88.9 Å². The maximum atomic E-state index is 6.29. The summed E-state index contributed by atoms with van der Waals surface area (Å²) in [6.07, 6.45) is 4.10. The lowest BCUT2D eigenvalue weighted by Gasteiger charge is -2.49. The maximum Gasteiger partial charge on any atom is 0.0603 e. The Morgan fingerprint density at radius 1 is 0.867 bits per heavy atom. The fourth-order valence-electron chi connectivity index (χ4n) is 5.63. The van der Waals surface area contributed by atoms with Gasteiger partial charge in [-0.3, -0.25) is 0 Å². The van der Waals surface area contributed by atoms with Crippen LogP contribution in [0.4, 0.5) is 0 Å². The largest absolute Gasteiger partial charge is 0.123 e. The number of benzene rings is 3. The van der Waals surface area contributed by atoms with Crippen molar-refractivity contribution in [3.63, 3.8) is 0 Å². The van der Waals surface area contributed by atoms with Gasteiger partial charge < -0.3 is 0 Å². The molecule has 0 aromatic heterocycles. The average Bonchev–Trinajstić information content (AvgIpc) is 3.29.